The average Bonchev–Trinajstić information content (AvgIpc) is 2.46. The fourth-order valence-electron chi connectivity index (χ4n) is 1.05. The molecule has 0 aromatic carbocycles. The van der Waals surface area contributed by atoms with Gasteiger partial charge in [-0.1, -0.05) is 0 Å². The average molecular weight is 559 g/mol. The molecule has 31 heavy (non-hydrogen) atoms. The molecule has 21 heteroatoms. The number of aliphatic carboxylic acids is 2. The molecule has 0 saturated heterocycles. The van der Waals surface area contributed by atoms with E-state index in [9.17, 15) is 53.5 Å². The molecular formula is C10H14CaO16S4. The maximum Gasteiger partial charge on any atom is 2.00 e. The molecule has 0 unspecified atom stereocenters. The van der Waals surface area contributed by atoms with Crippen molar-refractivity contribution in [1.29, 1.82) is 0 Å². The number of hydrogen-bond acceptors (Lipinski definition) is 12. The molecule has 4 N–H and O–H groups in total. The zero-order valence-corrected chi connectivity index (χ0v) is 20.8. The molecule has 0 spiro atoms. The van der Waals surface area contributed by atoms with Crippen LogP contribution in [-0.4, -0.2) is 110 Å². The maximum atomic E-state index is 10.7. The van der Waals surface area contributed by atoms with Crippen molar-refractivity contribution < 1.29 is 71.7 Å². The first-order valence-corrected chi connectivity index (χ1v) is 12.3. The second kappa shape index (κ2) is 11.4. The molecule has 0 aromatic heterocycles. The van der Waals surface area contributed by atoms with Gasteiger partial charge >= 0.3 is 37.7 Å². The van der Waals surface area contributed by atoms with E-state index in [1.807, 2.05) is 0 Å². The molecule has 0 amide bonds. The summed E-state index contributed by atoms with van der Waals surface area (Å²) < 4.78 is 113. The maximum absolute atomic E-state index is 10.7. The molecule has 0 heterocycles. The van der Waals surface area contributed by atoms with E-state index < -0.39 is 60.6 Å². The minimum Gasteiger partial charge on any atom is -0.545 e. The molecule has 0 rings (SSSR count). The number of rotatable bonds is 8. The number of carbonyl (C=O) groups is 2. The van der Waals surface area contributed by atoms with Crippen LogP contribution in [0, 0.1) is 0 Å². The van der Waals surface area contributed by atoms with Crippen LogP contribution in [-0.2, 0) is 50.1 Å². The SMILES string of the molecule is CC(C=CC(=O)[O-])(S(=O)(=O)O)S(=O)(=O)O.CC(C=CC(=O)[O-])(S(=O)(=O)O)S(=O)(=O)O.[Ca+2]. The summed E-state index contributed by atoms with van der Waals surface area (Å²) in [5.41, 5.74) is 0. The van der Waals surface area contributed by atoms with E-state index in [0.717, 1.165) is 0 Å². The third kappa shape index (κ3) is 9.77. The van der Waals surface area contributed by atoms with Crippen LogP contribution in [0.15, 0.2) is 24.3 Å². The Kier molecular flexibility index (Phi) is 12.9. The fraction of sp³-hybridized carbons (Fsp3) is 0.400. The van der Waals surface area contributed by atoms with Crippen LogP contribution in [0.25, 0.3) is 0 Å². The summed E-state index contributed by atoms with van der Waals surface area (Å²) in [5, 5.41) is 19.9. The van der Waals surface area contributed by atoms with Crippen LogP contribution in [0.1, 0.15) is 13.8 Å². The van der Waals surface area contributed by atoms with Gasteiger partial charge in [0, 0.05) is 0 Å². The van der Waals surface area contributed by atoms with Crippen LogP contribution >= 0.6 is 0 Å². The zero-order valence-electron chi connectivity index (χ0n) is 15.3. The number of carbonyl (C=O) groups excluding carboxylic acids is 2. The van der Waals surface area contributed by atoms with Gasteiger partial charge in [-0.3, -0.25) is 18.2 Å². The van der Waals surface area contributed by atoms with Crippen LogP contribution in [0.2, 0.25) is 0 Å². The van der Waals surface area contributed by atoms with Crippen molar-refractivity contribution in [1.82, 2.24) is 0 Å². The second-order valence-electron chi connectivity index (χ2n) is 5.24. The minimum atomic E-state index is -5.23. The van der Waals surface area contributed by atoms with Gasteiger partial charge in [-0.25, -0.2) is 0 Å². The Bertz CT molecular complexity index is 999. The Balaban J connectivity index is -0.000000490. The molecular weight excluding hydrogens is 544 g/mol. The molecule has 0 bridgehead atoms. The Morgan fingerprint density at radius 2 is 0.774 bits per heavy atom. The first-order valence-electron chi connectivity index (χ1n) is 6.52. The molecule has 0 radical (unpaired) electrons. The first kappa shape index (κ1) is 34.9. The summed E-state index contributed by atoms with van der Waals surface area (Å²) in [4.78, 5) is 19.9. The third-order valence-electron chi connectivity index (χ3n) is 3.09. The van der Waals surface area contributed by atoms with Gasteiger partial charge < -0.3 is 19.8 Å². The molecule has 0 aromatic rings. The number of carboxylic acid groups (broad SMARTS) is 2. The molecule has 0 aliphatic rings. The fourth-order valence-corrected chi connectivity index (χ4v) is 4.14. The normalized spacial score (nSPS) is 13.9. The molecule has 176 valence electrons. The van der Waals surface area contributed by atoms with Crippen molar-refractivity contribution in [3.05, 3.63) is 24.3 Å². The molecule has 0 aliphatic heterocycles. The van der Waals surface area contributed by atoms with Gasteiger partial charge in [-0.2, -0.15) is 33.7 Å². The topological polar surface area (TPSA) is 298 Å². The quantitative estimate of drug-likeness (QED) is 0.123. The van der Waals surface area contributed by atoms with Gasteiger partial charge in [0.15, 0.2) is 0 Å². The second-order valence-corrected chi connectivity index (χ2v) is 12.9. The van der Waals surface area contributed by atoms with Gasteiger partial charge in [0.2, 0.25) is 8.16 Å². The molecule has 0 saturated carbocycles. The van der Waals surface area contributed by atoms with Gasteiger partial charge in [0.1, 0.15) is 0 Å². The van der Waals surface area contributed by atoms with E-state index in [2.05, 4.69) is 0 Å². The van der Waals surface area contributed by atoms with Crippen molar-refractivity contribution in [3.63, 3.8) is 0 Å². The summed E-state index contributed by atoms with van der Waals surface area (Å²) in [6.07, 6.45) is 0.323. The summed E-state index contributed by atoms with van der Waals surface area (Å²) in [7, 11) is -20.9. The van der Waals surface area contributed by atoms with E-state index in [0.29, 0.717) is 13.8 Å². The molecule has 0 aliphatic carbocycles. The summed E-state index contributed by atoms with van der Waals surface area (Å²) in [6.45, 7) is 0.828. The van der Waals surface area contributed by atoms with E-state index in [1.165, 1.54) is 0 Å². The summed E-state index contributed by atoms with van der Waals surface area (Å²) in [6, 6.07) is 0. The monoisotopic (exact) mass is 558 g/mol. The van der Waals surface area contributed by atoms with Crippen molar-refractivity contribution in [3.8, 4) is 0 Å². The Hall–Kier alpha value is -0.680. The van der Waals surface area contributed by atoms with Crippen LogP contribution in [0.5, 0.6) is 0 Å². The van der Waals surface area contributed by atoms with E-state index in [4.69, 9.17) is 18.2 Å². The van der Waals surface area contributed by atoms with Gasteiger partial charge in [0.05, 0.1) is 11.9 Å². The van der Waals surface area contributed by atoms with Crippen LogP contribution < -0.4 is 10.2 Å². The minimum absolute atomic E-state index is 0. The predicted molar refractivity (Wildman–Crippen MR) is 97.1 cm³/mol. The molecule has 0 fully saturated rings. The van der Waals surface area contributed by atoms with E-state index >= 15 is 0 Å². The van der Waals surface area contributed by atoms with E-state index in [1.54, 1.807) is 0 Å². The smallest absolute Gasteiger partial charge is 0.545 e. The predicted octanol–water partition coefficient (Wildman–Crippen LogP) is -4.81. The molecule has 16 nitrogen and oxygen atoms in total. The standard InChI is InChI=1S/2C5H8O8S2.Ca/c2*1-5(14(8,9)10,15(11,12)13)3-2-4(6)7;/h2*2-3H,1H3,(H,6,7)(H,8,9,10)(H,11,12,13);/q;;+2/p-2. The third-order valence-corrected chi connectivity index (χ3v) is 10.3. The van der Waals surface area contributed by atoms with E-state index in [-0.39, 0.29) is 62.0 Å². The van der Waals surface area contributed by atoms with Crippen molar-refractivity contribution in [2.45, 2.75) is 22.0 Å². The van der Waals surface area contributed by atoms with Gasteiger partial charge in [-0.15, -0.1) is 0 Å². The Labute approximate surface area is 206 Å². The van der Waals surface area contributed by atoms with Gasteiger partial charge in [0.25, 0.3) is 40.5 Å². The van der Waals surface area contributed by atoms with Crippen LogP contribution in [0.3, 0.4) is 0 Å². The van der Waals surface area contributed by atoms with Crippen molar-refractivity contribution in [2.75, 3.05) is 0 Å². The van der Waals surface area contributed by atoms with Crippen molar-refractivity contribution >= 4 is 90.1 Å². The summed E-state index contributed by atoms with van der Waals surface area (Å²) >= 11 is 0. The number of carboxylic acids is 2. The van der Waals surface area contributed by atoms with Crippen molar-refractivity contribution in [2.24, 2.45) is 0 Å². The largest absolute Gasteiger partial charge is 2.00 e. The zero-order chi connectivity index (χ0) is 25.0. The van der Waals surface area contributed by atoms with Gasteiger partial charge in [-0.05, 0) is 38.2 Å². The Morgan fingerprint density at radius 1 is 0.613 bits per heavy atom. The molecule has 0 atom stereocenters. The first-order chi connectivity index (χ1) is 12.8. The number of hydrogen-bond donors (Lipinski definition) is 4. The Morgan fingerprint density at radius 3 is 0.871 bits per heavy atom. The van der Waals surface area contributed by atoms with Crippen LogP contribution in [0.4, 0.5) is 0 Å². The summed E-state index contributed by atoms with van der Waals surface area (Å²) in [5.74, 6) is -3.76.